The van der Waals surface area contributed by atoms with Gasteiger partial charge in [0, 0.05) is 37.2 Å². The van der Waals surface area contributed by atoms with Crippen molar-refractivity contribution in [1.29, 1.82) is 0 Å². The number of methoxy groups -OCH3 is 3. The number of benzene rings is 12. The second-order valence-corrected chi connectivity index (χ2v) is 33.5. The van der Waals surface area contributed by atoms with Crippen LogP contribution in [0.15, 0.2) is 357 Å². The molecule has 2 N–H and O–H groups in total. The average molecular weight is 1840 g/mol. The molecule has 0 heterocycles. The van der Waals surface area contributed by atoms with Crippen molar-refractivity contribution in [2.24, 2.45) is 0 Å². The Balaban J connectivity index is 0.000000687. The van der Waals surface area contributed by atoms with Gasteiger partial charge in [-0.2, -0.15) is 0 Å². The molecule has 12 aromatic carbocycles. The molecule has 0 aliphatic rings. The highest BCUT2D eigenvalue weighted by Gasteiger charge is 2.07. The van der Waals surface area contributed by atoms with E-state index in [1.54, 1.807) is 184 Å². The minimum atomic E-state index is -4.27. The van der Waals surface area contributed by atoms with Crippen molar-refractivity contribution in [1.82, 2.24) is 10.6 Å². The number of ether oxygens (including phenoxy) is 3. The first-order chi connectivity index (χ1) is 59.0. The number of aryl methyl sites for hydroxylation is 6. The number of nitrogens with one attached hydrogen (secondary N) is 2. The summed E-state index contributed by atoms with van der Waals surface area (Å²) in [6, 6.07) is 88.9. The van der Waals surface area contributed by atoms with Crippen LogP contribution in [-0.2, 0) is 74.9 Å². The Morgan fingerprint density at radius 2 is 0.365 bits per heavy atom. The van der Waals surface area contributed by atoms with E-state index in [0.717, 1.165) is 38.9 Å². The summed E-state index contributed by atoms with van der Waals surface area (Å²) in [5.41, 5.74) is 9.54. The number of carbonyl (C=O) groups excluding carboxylic acids is 6. The highest BCUT2D eigenvalue weighted by Crippen LogP contribution is 2.15. The van der Waals surface area contributed by atoms with Gasteiger partial charge in [-0.1, -0.05) is 234 Å². The zero-order chi connectivity index (χ0) is 95.3. The van der Waals surface area contributed by atoms with E-state index in [2.05, 4.69) is 24.8 Å². The van der Waals surface area contributed by atoms with Gasteiger partial charge in [0.25, 0.3) is 11.8 Å². The molecule has 0 saturated carbocycles. The van der Waals surface area contributed by atoms with E-state index in [4.69, 9.17) is 0 Å². The van der Waals surface area contributed by atoms with Crippen LogP contribution in [0.3, 0.4) is 0 Å². The van der Waals surface area contributed by atoms with Gasteiger partial charge in [0.05, 0.1) is 67.4 Å². The second-order valence-electron chi connectivity index (χ2n) is 25.2. The maximum Gasteiger partial charge on any atom is 0.337 e. The standard InChI is InChI=1S/C9H10O.2C8H9NO.3C8H8O2.6C7H8O3S/c1-2-9(10)8-6-4-3-5-7-8;2*1-9-8(10)7-5-3-2-4-6-7;3*1-10-8(9)7-5-3-2-4-6-7;6*1-6-2-4-7(5-3-6)11(8,9)10/h3-7H,2H2,1H3;2*2-6H,1H3,(H,9,10);3*2-6H,1H3;6*2-5H,1H3,(H,8,9,10)/p-6. The molecule has 126 heavy (non-hydrogen) atoms. The van der Waals surface area contributed by atoms with Gasteiger partial charge in [0.1, 0.15) is 60.7 Å². The fourth-order valence-corrected chi connectivity index (χ4v) is 11.4. The number of amides is 2. The Kier molecular flexibility index (Phi) is 50.7. The SMILES string of the molecule is CCC(=O)c1ccccc1.CNC(=O)c1ccccc1.CNC(=O)c1ccccc1.COC(=O)c1ccccc1.COC(=O)c1ccccc1.COC(=O)c1ccccc1.Cc1ccc(S(=O)(=O)[O-])cc1.Cc1ccc(S(=O)(=O)[O-])cc1.Cc1ccc(S(=O)(=O)[O-])cc1.Cc1ccc(S(=O)(=O)[O-])cc1.Cc1ccc(S(=O)(=O)[O-])cc1.Cc1ccc(S(=O)(=O)[O-])cc1. The lowest BCUT2D eigenvalue weighted by atomic mass is 10.1. The van der Waals surface area contributed by atoms with E-state index in [0.29, 0.717) is 34.2 Å². The summed E-state index contributed by atoms with van der Waals surface area (Å²) < 4.78 is 200. The molecule has 0 radical (unpaired) electrons. The highest BCUT2D eigenvalue weighted by atomic mass is 32.2. The van der Waals surface area contributed by atoms with Gasteiger partial charge in [0.2, 0.25) is 0 Å². The number of esters is 3. The van der Waals surface area contributed by atoms with Crippen LogP contribution in [-0.4, -0.2) is 149 Å². The highest BCUT2D eigenvalue weighted by molar-refractivity contribution is 7.87. The predicted molar refractivity (Wildman–Crippen MR) is 469 cm³/mol. The molecule has 0 unspecified atom stereocenters. The number of rotatable bonds is 13. The summed E-state index contributed by atoms with van der Waals surface area (Å²) in [6.07, 6.45) is 0.587. The van der Waals surface area contributed by atoms with Crippen LogP contribution in [0.4, 0.5) is 0 Å². The first kappa shape index (κ1) is 111. The smallest absolute Gasteiger partial charge is 0.337 e. The summed E-state index contributed by atoms with van der Waals surface area (Å²) in [4.78, 5) is 64.1. The maximum absolute atomic E-state index is 11.0. The fraction of sp³-hybridized carbons (Fsp3) is 0.143. The van der Waals surface area contributed by atoms with E-state index in [-0.39, 0.29) is 64.9 Å². The molecule has 0 saturated heterocycles. The Morgan fingerprint density at radius 1 is 0.230 bits per heavy atom. The van der Waals surface area contributed by atoms with Crippen molar-refractivity contribution in [3.8, 4) is 0 Å². The molecule has 672 valence electrons. The van der Waals surface area contributed by atoms with Crippen LogP contribution in [0.1, 0.15) is 109 Å². The third-order valence-electron chi connectivity index (χ3n) is 15.4. The second kappa shape index (κ2) is 57.5. The largest absolute Gasteiger partial charge is 0.744 e. The van der Waals surface area contributed by atoms with Gasteiger partial charge in [-0.15, -0.1) is 0 Å². The zero-order valence-electron chi connectivity index (χ0n) is 70.4. The maximum atomic E-state index is 11.0. The van der Waals surface area contributed by atoms with Gasteiger partial charge >= 0.3 is 17.9 Å². The first-order valence-electron chi connectivity index (χ1n) is 36.7. The summed E-state index contributed by atoms with van der Waals surface area (Å²) in [6.45, 7) is 12.8. The molecule has 35 heteroatoms. The van der Waals surface area contributed by atoms with Crippen LogP contribution >= 0.6 is 0 Å². The lowest BCUT2D eigenvalue weighted by Gasteiger charge is -2.05. The summed E-state index contributed by atoms with van der Waals surface area (Å²) in [5.74, 6) is -0.747. The Hall–Kier alpha value is -12.9. The van der Waals surface area contributed by atoms with Gasteiger partial charge < -0.3 is 52.2 Å². The molecule has 0 bridgehead atoms. The van der Waals surface area contributed by atoms with E-state index in [1.165, 1.54) is 94.1 Å². The minimum absolute atomic E-state index is 0.0411. The van der Waals surface area contributed by atoms with Crippen molar-refractivity contribution in [2.75, 3.05) is 35.4 Å². The molecule has 0 aliphatic heterocycles. The lowest BCUT2D eigenvalue weighted by molar-refractivity contribution is 0.0592. The molecule has 0 spiro atoms. The quantitative estimate of drug-likeness (QED) is 0.0468. The summed E-state index contributed by atoms with van der Waals surface area (Å²) in [7, 11) is -18.3. The lowest BCUT2D eigenvalue weighted by Crippen LogP contribution is -2.17. The molecule has 29 nitrogen and oxygen atoms in total. The molecule has 0 fully saturated rings. The fourth-order valence-electron chi connectivity index (χ4n) is 8.60. The van der Waals surface area contributed by atoms with Gasteiger partial charge in [-0.25, -0.2) is 64.9 Å². The van der Waals surface area contributed by atoms with Crippen LogP contribution in [0.2, 0.25) is 0 Å². The van der Waals surface area contributed by atoms with E-state index in [1.807, 2.05) is 133 Å². The molecular formula is C91H94N2O27S6-6. The number of hydrogen-bond acceptors (Lipinski definition) is 27. The third kappa shape index (κ3) is 48.2. The number of carbonyl (C=O) groups is 6. The molecule has 12 rings (SSSR count). The minimum Gasteiger partial charge on any atom is -0.744 e. The topological polar surface area (TPSA) is 497 Å². The van der Waals surface area contributed by atoms with Gasteiger partial charge in [-0.3, -0.25) is 14.4 Å². The molecule has 0 aliphatic carbocycles. The van der Waals surface area contributed by atoms with E-state index >= 15 is 0 Å². The normalized spacial score (nSPS) is 10.3. The summed E-state index contributed by atoms with van der Waals surface area (Å²) >= 11 is 0. The number of hydrogen-bond donors (Lipinski definition) is 2. The average Bonchev–Trinajstić information content (AvgIpc) is 0.879. The van der Waals surface area contributed by atoms with Crippen LogP contribution in [0, 0.1) is 41.5 Å². The number of Topliss-reactive ketones (excluding diaryl/α,β-unsaturated/α-hetero) is 1. The molecular weight excluding hydrogens is 1750 g/mol. The van der Waals surface area contributed by atoms with Crippen molar-refractivity contribution < 1.29 is 121 Å². The van der Waals surface area contributed by atoms with E-state index in [9.17, 15) is 107 Å². The van der Waals surface area contributed by atoms with Crippen LogP contribution in [0.5, 0.6) is 0 Å². The predicted octanol–water partition coefficient (Wildman–Crippen LogP) is 14.2. The molecule has 0 aromatic heterocycles. The van der Waals surface area contributed by atoms with Gasteiger partial charge in [-0.05, 0) is 175 Å². The van der Waals surface area contributed by atoms with Crippen LogP contribution in [0.25, 0.3) is 0 Å². The van der Waals surface area contributed by atoms with Gasteiger partial charge in [0.15, 0.2) is 5.78 Å². The van der Waals surface area contributed by atoms with Crippen molar-refractivity contribution in [3.63, 3.8) is 0 Å². The third-order valence-corrected chi connectivity index (χ3v) is 20.5. The van der Waals surface area contributed by atoms with Crippen molar-refractivity contribution in [2.45, 2.75) is 84.3 Å². The molecule has 12 aromatic rings. The molecule has 2 amide bonds. The monoisotopic (exact) mass is 1840 g/mol. The van der Waals surface area contributed by atoms with Crippen LogP contribution < -0.4 is 10.6 Å². The zero-order valence-corrected chi connectivity index (χ0v) is 75.3. The first-order valence-corrected chi connectivity index (χ1v) is 45.2. The Morgan fingerprint density at radius 3 is 0.484 bits per heavy atom. The summed E-state index contributed by atoms with van der Waals surface area (Å²) in [5, 5.41) is 5.08. The van der Waals surface area contributed by atoms with Crippen molar-refractivity contribution >= 4 is 96.2 Å². The number of ketones is 1. The van der Waals surface area contributed by atoms with Crippen molar-refractivity contribution in [3.05, 3.63) is 394 Å². The molecule has 0 atom stereocenters. The van der Waals surface area contributed by atoms with E-state index < -0.39 is 60.7 Å². The Labute approximate surface area is 736 Å². The Bertz CT molecular complexity index is 5030.